The number of rotatable bonds is 5. The van der Waals surface area contributed by atoms with Crippen LogP contribution in [0.2, 0.25) is 0 Å². The lowest BCUT2D eigenvalue weighted by Gasteiger charge is -2.14. The van der Waals surface area contributed by atoms with Crippen molar-refractivity contribution in [2.45, 2.75) is 26.3 Å². The molecular formula is C13H19NO4. The van der Waals surface area contributed by atoms with E-state index in [0.717, 1.165) is 38.0 Å². The zero-order valence-corrected chi connectivity index (χ0v) is 10.6. The number of aliphatic hydroxyl groups excluding tert-OH is 1. The summed E-state index contributed by atoms with van der Waals surface area (Å²) < 4.78 is 5.19. The minimum atomic E-state index is -1.02. The zero-order valence-electron chi connectivity index (χ0n) is 10.6. The SMILES string of the molecule is Cc1oc(C(=O)O)cc1CN1CCC(CCO)C1. The Labute approximate surface area is 106 Å². The monoisotopic (exact) mass is 253 g/mol. The molecule has 1 saturated heterocycles. The summed E-state index contributed by atoms with van der Waals surface area (Å²) in [5.74, 6) is 0.219. The van der Waals surface area contributed by atoms with Crippen LogP contribution in [0.4, 0.5) is 0 Å². The fourth-order valence-corrected chi connectivity index (χ4v) is 2.50. The lowest BCUT2D eigenvalue weighted by atomic mass is 10.1. The lowest BCUT2D eigenvalue weighted by molar-refractivity contribution is 0.0661. The van der Waals surface area contributed by atoms with Crippen molar-refractivity contribution in [3.8, 4) is 0 Å². The van der Waals surface area contributed by atoms with Crippen LogP contribution in [0.1, 0.15) is 34.7 Å². The van der Waals surface area contributed by atoms with E-state index < -0.39 is 5.97 Å². The van der Waals surface area contributed by atoms with Gasteiger partial charge in [-0.25, -0.2) is 4.79 Å². The van der Waals surface area contributed by atoms with Gasteiger partial charge in [-0.2, -0.15) is 0 Å². The highest BCUT2D eigenvalue weighted by Crippen LogP contribution is 2.23. The van der Waals surface area contributed by atoms with E-state index in [2.05, 4.69) is 4.90 Å². The number of nitrogens with zero attached hydrogens (tertiary/aromatic N) is 1. The second kappa shape index (κ2) is 5.54. The Bertz CT molecular complexity index is 427. The number of likely N-dealkylation sites (tertiary alicyclic amines) is 1. The van der Waals surface area contributed by atoms with Crippen molar-refractivity contribution < 1.29 is 19.4 Å². The Morgan fingerprint density at radius 1 is 1.61 bits per heavy atom. The second-order valence-electron chi connectivity index (χ2n) is 4.90. The second-order valence-corrected chi connectivity index (χ2v) is 4.90. The average Bonchev–Trinajstić information content (AvgIpc) is 2.88. The Morgan fingerprint density at radius 3 is 3.00 bits per heavy atom. The first-order chi connectivity index (χ1) is 8.60. The van der Waals surface area contributed by atoms with E-state index in [9.17, 15) is 4.79 Å². The molecule has 5 nitrogen and oxygen atoms in total. The van der Waals surface area contributed by atoms with Crippen LogP contribution in [0.3, 0.4) is 0 Å². The maximum atomic E-state index is 10.8. The number of furan rings is 1. The Kier molecular flexibility index (Phi) is 4.04. The van der Waals surface area contributed by atoms with Crippen LogP contribution in [0.15, 0.2) is 10.5 Å². The van der Waals surface area contributed by atoms with Gasteiger partial charge in [0.15, 0.2) is 0 Å². The molecule has 18 heavy (non-hydrogen) atoms. The molecule has 1 aliphatic rings. The molecule has 0 radical (unpaired) electrons. The standard InChI is InChI=1S/C13H19NO4/c1-9-11(6-12(18-9)13(16)17)8-14-4-2-10(7-14)3-5-15/h6,10,15H,2-5,7-8H2,1H3,(H,16,17). The average molecular weight is 253 g/mol. The number of aryl methyl sites for hydroxylation is 1. The third-order valence-corrected chi connectivity index (χ3v) is 3.53. The fraction of sp³-hybridized carbons (Fsp3) is 0.615. The van der Waals surface area contributed by atoms with E-state index in [0.29, 0.717) is 11.7 Å². The first-order valence-corrected chi connectivity index (χ1v) is 6.26. The molecule has 0 amide bonds. The summed E-state index contributed by atoms with van der Waals surface area (Å²) in [4.78, 5) is 13.1. The molecule has 0 aliphatic carbocycles. The molecule has 5 heteroatoms. The molecule has 1 atom stereocenters. The van der Waals surface area contributed by atoms with Gasteiger partial charge in [-0.05, 0) is 38.3 Å². The minimum absolute atomic E-state index is 0.00797. The van der Waals surface area contributed by atoms with E-state index >= 15 is 0 Å². The molecule has 1 unspecified atom stereocenters. The van der Waals surface area contributed by atoms with Gasteiger partial charge >= 0.3 is 5.97 Å². The van der Waals surface area contributed by atoms with E-state index in [4.69, 9.17) is 14.6 Å². The van der Waals surface area contributed by atoms with Gasteiger partial charge < -0.3 is 14.6 Å². The number of carboxylic acids is 1. The lowest BCUT2D eigenvalue weighted by Crippen LogP contribution is -2.20. The van der Waals surface area contributed by atoms with Crippen molar-refractivity contribution in [2.24, 2.45) is 5.92 Å². The van der Waals surface area contributed by atoms with Gasteiger partial charge in [0.25, 0.3) is 0 Å². The minimum Gasteiger partial charge on any atom is -0.475 e. The first kappa shape index (κ1) is 13.1. The van der Waals surface area contributed by atoms with Gasteiger partial charge in [0.1, 0.15) is 5.76 Å². The molecule has 1 aromatic heterocycles. The van der Waals surface area contributed by atoms with Crippen LogP contribution < -0.4 is 0 Å². The summed E-state index contributed by atoms with van der Waals surface area (Å²) in [6.45, 7) is 4.73. The quantitative estimate of drug-likeness (QED) is 0.831. The predicted octanol–water partition coefficient (Wildman–Crippen LogP) is 1.49. The van der Waals surface area contributed by atoms with Gasteiger partial charge in [0.2, 0.25) is 5.76 Å². The van der Waals surface area contributed by atoms with Crippen LogP contribution in [-0.2, 0) is 6.54 Å². The fourth-order valence-electron chi connectivity index (χ4n) is 2.50. The molecule has 2 heterocycles. The van der Waals surface area contributed by atoms with Crippen molar-refractivity contribution in [1.82, 2.24) is 4.90 Å². The summed E-state index contributed by atoms with van der Waals surface area (Å²) in [5.41, 5.74) is 0.942. The highest BCUT2D eigenvalue weighted by Gasteiger charge is 2.23. The van der Waals surface area contributed by atoms with Crippen molar-refractivity contribution in [1.29, 1.82) is 0 Å². The Morgan fingerprint density at radius 2 is 2.39 bits per heavy atom. The number of carboxylic acid groups (broad SMARTS) is 1. The largest absolute Gasteiger partial charge is 0.475 e. The summed E-state index contributed by atoms with van der Waals surface area (Å²) >= 11 is 0. The van der Waals surface area contributed by atoms with Crippen LogP contribution in [-0.4, -0.2) is 40.8 Å². The smallest absolute Gasteiger partial charge is 0.371 e. The van der Waals surface area contributed by atoms with Gasteiger partial charge in [-0.3, -0.25) is 4.90 Å². The number of aliphatic hydroxyl groups is 1. The highest BCUT2D eigenvalue weighted by molar-refractivity contribution is 5.84. The van der Waals surface area contributed by atoms with E-state index in [1.54, 1.807) is 13.0 Å². The van der Waals surface area contributed by atoms with E-state index in [1.807, 2.05) is 0 Å². The Balaban J connectivity index is 1.96. The van der Waals surface area contributed by atoms with Crippen LogP contribution in [0.5, 0.6) is 0 Å². The topological polar surface area (TPSA) is 73.9 Å². The molecule has 2 N–H and O–H groups in total. The third kappa shape index (κ3) is 2.91. The van der Waals surface area contributed by atoms with Crippen LogP contribution >= 0.6 is 0 Å². The summed E-state index contributed by atoms with van der Waals surface area (Å²) in [5, 5.41) is 17.8. The van der Waals surface area contributed by atoms with Crippen molar-refractivity contribution >= 4 is 5.97 Å². The summed E-state index contributed by atoms with van der Waals surface area (Å²) in [6, 6.07) is 1.61. The van der Waals surface area contributed by atoms with Gasteiger partial charge in [-0.15, -0.1) is 0 Å². The molecule has 0 aromatic carbocycles. The molecule has 1 aromatic rings. The molecule has 0 spiro atoms. The molecular weight excluding hydrogens is 234 g/mol. The maximum Gasteiger partial charge on any atom is 0.371 e. The van der Waals surface area contributed by atoms with Crippen LogP contribution in [0, 0.1) is 12.8 Å². The highest BCUT2D eigenvalue weighted by atomic mass is 16.4. The van der Waals surface area contributed by atoms with Crippen molar-refractivity contribution in [2.75, 3.05) is 19.7 Å². The molecule has 2 rings (SSSR count). The van der Waals surface area contributed by atoms with Gasteiger partial charge in [-0.1, -0.05) is 0 Å². The van der Waals surface area contributed by atoms with Gasteiger partial charge in [0.05, 0.1) is 0 Å². The first-order valence-electron chi connectivity index (χ1n) is 6.26. The number of hydrogen-bond donors (Lipinski definition) is 2. The Hall–Kier alpha value is -1.33. The summed E-state index contributed by atoms with van der Waals surface area (Å²) in [6.07, 6.45) is 1.95. The summed E-state index contributed by atoms with van der Waals surface area (Å²) in [7, 11) is 0. The normalized spacial score (nSPS) is 20.4. The zero-order chi connectivity index (χ0) is 13.1. The number of aromatic carboxylic acids is 1. The molecule has 1 aliphatic heterocycles. The maximum absolute atomic E-state index is 10.8. The van der Waals surface area contributed by atoms with Crippen molar-refractivity contribution in [3.63, 3.8) is 0 Å². The number of carbonyl (C=O) groups is 1. The predicted molar refractivity (Wildman–Crippen MR) is 65.5 cm³/mol. The number of hydrogen-bond acceptors (Lipinski definition) is 4. The van der Waals surface area contributed by atoms with E-state index in [-0.39, 0.29) is 12.4 Å². The molecule has 0 saturated carbocycles. The molecule has 100 valence electrons. The third-order valence-electron chi connectivity index (χ3n) is 3.53. The van der Waals surface area contributed by atoms with Crippen molar-refractivity contribution in [3.05, 3.63) is 23.2 Å². The molecule has 0 bridgehead atoms. The van der Waals surface area contributed by atoms with Gasteiger partial charge in [0, 0.05) is 25.3 Å². The molecule has 1 fully saturated rings. The van der Waals surface area contributed by atoms with E-state index in [1.165, 1.54) is 0 Å². The van der Waals surface area contributed by atoms with Crippen LogP contribution in [0.25, 0.3) is 0 Å².